The lowest BCUT2D eigenvalue weighted by atomic mass is 10.1. The predicted molar refractivity (Wildman–Crippen MR) is 59.5 cm³/mol. The Labute approximate surface area is 86.2 Å². The maximum Gasteiger partial charge on any atom is 0.190 e. The van der Waals surface area contributed by atoms with E-state index in [4.69, 9.17) is 17.1 Å². The molecule has 0 aliphatic heterocycles. The van der Waals surface area contributed by atoms with Gasteiger partial charge in [-0.05, 0) is 53.8 Å². The molecular weight excluding hydrogens is 184 g/mol. The normalized spacial score (nSPS) is 12.5. The Morgan fingerprint density at radius 3 is 1.85 bits per heavy atom. The molecule has 0 radical (unpaired) electrons. The third-order valence-corrected chi connectivity index (χ3v) is 1.12. The standard InChI is InChI=1S/C9H20N2OS/c1-8(2,3)10-7(13)11-12-9(4,5)6/h1-6H3,(H2,10,11,13). The largest absolute Gasteiger partial charge is 0.356 e. The molecule has 0 saturated carbocycles. The molecule has 2 N–H and O–H groups in total. The summed E-state index contributed by atoms with van der Waals surface area (Å²) in [4.78, 5) is 5.28. The van der Waals surface area contributed by atoms with Crippen molar-refractivity contribution >= 4 is 17.3 Å². The molecular formula is C9H20N2OS. The summed E-state index contributed by atoms with van der Waals surface area (Å²) >= 11 is 5.02. The van der Waals surface area contributed by atoms with Crippen LogP contribution in [0.1, 0.15) is 41.5 Å². The molecule has 0 aliphatic carbocycles. The zero-order valence-corrected chi connectivity index (χ0v) is 10.1. The Balaban J connectivity index is 3.78. The first-order valence-electron chi connectivity index (χ1n) is 4.36. The average Bonchev–Trinajstić information content (AvgIpc) is 1.78. The van der Waals surface area contributed by atoms with Crippen LogP contribution in [0.3, 0.4) is 0 Å². The van der Waals surface area contributed by atoms with Crippen LogP contribution in [0, 0.1) is 0 Å². The topological polar surface area (TPSA) is 33.3 Å². The molecule has 78 valence electrons. The van der Waals surface area contributed by atoms with Crippen molar-refractivity contribution < 1.29 is 4.84 Å². The molecule has 0 rings (SSSR count). The van der Waals surface area contributed by atoms with E-state index < -0.39 is 0 Å². The molecule has 0 fully saturated rings. The highest BCUT2D eigenvalue weighted by Gasteiger charge is 2.14. The maximum absolute atomic E-state index is 5.28. The lowest BCUT2D eigenvalue weighted by Crippen LogP contribution is -2.48. The Kier molecular flexibility index (Phi) is 4.13. The summed E-state index contributed by atoms with van der Waals surface area (Å²) in [6.07, 6.45) is 0. The van der Waals surface area contributed by atoms with Crippen LogP contribution < -0.4 is 10.8 Å². The van der Waals surface area contributed by atoms with Gasteiger partial charge in [0, 0.05) is 5.54 Å². The van der Waals surface area contributed by atoms with Crippen LogP contribution >= 0.6 is 12.2 Å². The van der Waals surface area contributed by atoms with Crippen molar-refractivity contribution in [3.63, 3.8) is 0 Å². The van der Waals surface area contributed by atoms with E-state index in [-0.39, 0.29) is 11.1 Å². The maximum atomic E-state index is 5.28. The number of hydroxylamine groups is 1. The average molecular weight is 204 g/mol. The molecule has 0 heterocycles. The van der Waals surface area contributed by atoms with Crippen molar-refractivity contribution in [3.05, 3.63) is 0 Å². The Hall–Kier alpha value is -0.350. The van der Waals surface area contributed by atoms with Crippen molar-refractivity contribution in [1.29, 1.82) is 0 Å². The van der Waals surface area contributed by atoms with Gasteiger partial charge in [-0.3, -0.25) is 4.84 Å². The van der Waals surface area contributed by atoms with Crippen molar-refractivity contribution in [1.82, 2.24) is 10.8 Å². The van der Waals surface area contributed by atoms with Gasteiger partial charge in [-0.15, -0.1) is 0 Å². The molecule has 13 heavy (non-hydrogen) atoms. The molecule has 3 nitrogen and oxygen atoms in total. The third-order valence-electron chi connectivity index (χ3n) is 0.938. The minimum Gasteiger partial charge on any atom is -0.356 e. The van der Waals surface area contributed by atoms with Crippen molar-refractivity contribution in [2.45, 2.75) is 52.7 Å². The molecule has 4 heteroatoms. The quantitative estimate of drug-likeness (QED) is 0.505. The lowest BCUT2D eigenvalue weighted by molar-refractivity contribution is -0.0431. The fourth-order valence-corrected chi connectivity index (χ4v) is 0.913. The number of nitrogens with one attached hydrogen (secondary N) is 2. The first-order chi connectivity index (χ1) is 5.60. The van der Waals surface area contributed by atoms with Crippen molar-refractivity contribution in [2.24, 2.45) is 0 Å². The summed E-state index contributed by atoms with van der Waals surface area (Å²) < 4.78 is 0. The molecule has 0 aromatic carbocycles. The minimum absolute atomic E-state index is 0.0364. The molecule has 0 spiro atoms. The Morgan fingerprint density at radius 1 is 1.08 bits per heavy atom. The summed E-state index contributed by atoms with van der Waals surface area (Å²) in [5.74, 6) is 0. The molecule has 0 aromatic rings. The van der Waals surface area contributed by atoms with Gasteiger partial charge in [0.2, 0.25) is 0 Å². The van der Waals surface area contributed by atoms with Gasteiger partial charge >= 0.3 is 0 Å². The second kappa shape index (κ2) is 4.24. The fraction of sp³-hybridized carbons (Fsp3) is 0.889. The third kappa shape index (κ3) is 9.56. The zero-order valence-electron chi connectivity index (χ0n) is 9.32. The summed E-state index contributed by atoms with van der Waals surface area (Å²) in [5, 5.41) is 3.60. The highest BCUT2D eigenvalue weighted by molar-refractivity contribution is 7.80. The molecule has 0 unspecified atom stereocenters. The van der Waals surface area contributed by atoms with Gasteiger partial charge < -0.3 is 5.32 Å². The second-order valence-corrected chi connectivity index (χ2v) is 5.43. The monoisotopic (exact) mass is 204 g/mol. The molecule has 0 atom stereocenters. The summed E-state index contributed by atoms with van der Waals surface area (Å²) in [6.45, 7) is 12.0. The van der Waals surface area contributed by atoms with E-state index in [0.29, 0.717) is 5.11 Å². The van der Waals surface area contributed by atoms with Crippen molar-refractivity contribution in [3.8, 4) is 0 Å². The molecule has 0 bridgehead atoms. The first kappa shape index (κ1) is 12.7. The highest BCUT2D eigenvalue weighted by atomic mass is 32.1. The van der Waals surface area contributed by atoms with E-state index >= 15 is 0 Å². The van der Waals surface area contributed by atoms with Crippen LogP contribution in [-0.2, 0) is 4.84 Å². The van der Waals surface area contributed by atoms with Gasteiger partial charge in [-0.25, -0.2) is 5.48 Å². The highest BCUT2D eigenvalue weighted by Crippen LogP contribution is 2.04. The van der Waals surface area contributed by atoms with E-state index in [1.807, 2.05) is 41.5 Å². The van der Waals surface area contributed by atoms with E-state index in [1.165, 1.54) is 0 Å². The van der Waals surface area contributed by atoms with Crippen LogP contribution in [-0.4, -0.2) is 16.3 Å². The zero-order chi connectivity index (χ0) is 10.7. The molecule has 0 saturated heterocycles. The van der Waals surface area contributed by atoms with Gasteiger partial charge in [0.15, 0.2) is 5.11 Å². The van der Waals surface area contributed by atoms with Crippen LogP contribution in [0.15, 0.2) is 0 Å². The molecule has 0 amide bonds. The van der Waals surface area contributed by atoms with Gasteiger partial charge in [0.1, 0.15) is 0 Å². The van der Waals surface area contributed by atoms with E-state index in [1.54, 1.807) is 0 Å². The van der Waals surface area contributed by atoms with Gasteiger partial charge in [0.25, 0.3) is 0 Å². The summed E-state index contributed by atoms with van der Waals surface area (Å²) in [6, 6.07) is 0. The van der Waals surface area contributed by atoms with E-state index in [9.17, 15) is 0 Å². The summed E-state index contributed by atoms with van der Waals surface area (Å²) in [7, 11) is 0. The molecule has 0 aliphatic rings. The Morgan fingerprint density at radius 2 is 1.54 bits per heavy atom. The number of hydrogen-bond acceptors (Lipinski definition) is 2. The number of rotatable bonds is 1. The first-order valence-corrected chi connectivity index (χ1v) is 4.77. The van der Waals surface area contributed by atoms with Crippen molar-refractivity contribution in [2.75, 3.05) is 0 Å². The number of thiocarbonyl (C=S) groups is 1. The predicted octanol–water partition coefficient (Wildman–Crippen LogP) is 1.98. The van der Waals surface area contributed by atoms with E-state index in [2.05, 4.69) is 10.8 Å². The number of hydrogen-bond donors (Lipinski definition) is 2. The van der Waals surface area contributed by atoms with Crippen LogP contribution in [0.2, 0.25) is 0 Å². The SMILES string of the molecule is CC(C)(C)NC(=S)NOC(C)(C)C. The van der Waals surface area contributed by atoms with E-state index in [0.717, 1.165) is 0 Å². The second-order valence-electron chi connectivity index (χ2n) is 5.02. The lowest BCUT2D eigenvalue weighted by Gasteiger charge is -2.25. The fourth-order valence-electron chi connectivity index (χ4n) is 0.566. The smallest absolute Gasteiger partial charge is 0.190 e. The molecule has 0 aromatic heterocycles. The summed E-state index contributed by atoms with van der Waals surface area (Å²) in [5.41, 5.74) is 2.43. The van der Waals surface area contributed by atoms with Gasteiger partial charge in [-0.2, -0.15) is 0 Å². The van der Waals surface area contributed by atoms with Crippen LogP contribution in [0.25, 0.3) is 0 Å². The van der Waals surface area contributed by atoms with Gasteiger partial charge in [0.05, 0.1) is 5.60 Å². The van der Waals surface area contributed by atoms with Crippen LogP contribution in [0.5, 0.6) is 0 Å². The van der Waals surface area contributed by atoms with Gasteiger partial charge in [-0.1, -0.05) is 0 Å². The minimum atomic E-state index is -0.233. The Bertz CT molecular complexity index is 179. The van der Waals surface area contributed by atoms with Crippen LogP contribution in [0.4, 0.5) is 0 Å².